The number of amides is 1. The van der Waals surface area contributed by atoms with Crippen molar-refractivity contribution in [2.45, 2.75) is 20.0 Å². The molecule has 4 aromatic rings. The zero-order valence-electron chi connectivity index (χ0n) is 15.1. The van der Waals surface area contributed by atoms with Gasteiger partial charge in [-0.3, -0.25) is 9.78 Å². The number of nitrogen functional groups attached to an aromatic ring is 1. The predicted octanol–water partition coefficient (Wildman–Crippen LogP) is 1.79. The minimum atomic E-state index is -0.469. The van der Waals surface area contributed by atoms with Crippen LogP contribution in [-0.2, 0) is 13.1 Å². The van der Waals surface area contributed by atoms with Crippen LogP contribution in [0.15, 0.2) is 41.3 Å². The second-order valence-electron chi connectivity index (χ2n) is 6.11. The van der Waals surface area contributed by atoms with E-state index >= 15 is 0 Å². The second-order valence-corrected chi connectivity index (χ2v) is 6.11. The number of pyridine rings is 1. The van der Waals surface area contributed by atoms with Crippen LogP contribution in [0.1, 0.15) is 22.8 Å². The van der Waals surface area contributed by atoms with Gasteiger partial charge < -0.3 is 21.4 Å². The van der Waals surface area contributed by atoms with Crippen LogP contribution in [-0.4, -0.2) is 30.8 Å². The molecule has 0 saturated carbocycles. The average Bonchev–Trinajstić information content (AvgIpc) is 3.29. The lowest BCUT2D eigenvalue weighted by Gasteiger charge is -2.12. The molecule has 1 amide bonds. The maximum Gasteiger partial charge on any atom is 0.249 e. The Hall–Kier alpha value is -3.95. The number of fused-ring (bicyclic) bond motifs is 1. The van der Waals surface area contributed by atoms with E-state index in [1.807, 2.05) is 23.6 Å². The van der Waals surface area contributed by atoms with E-state index in [0.29, 0.717) is 35.7 Å². The fraction of sp³-hybridized carbons (Fsp3) is 0.167. The fourth-order valence-electron chi connectivity index (χ4n) is 3.16. The molecule has 3 aromatic heterocycles. The van der Waals surface area contributed by atoms with E-state index in [2.05, 4.69) is 25.6 Å². The number of carbonyl (C=O) groups is 1. The summed E-state index contributed by atoms with van der Waals surface area (Å²) in [6.45, 7) is 3.01. The van der Waals surface area contributed by atoms with E-state index in [1.165, 1.54) is 0 Å². The van der Waals surface area contributed by atoms with Gasteiger partial charge in [-0.25, -0.2) is 9.61 Å². The number of imidazole rings is 1. The van der Waals surface area contributed by atoms with E-state index in [4.69, 9.17) is 16.1 Å². The largest absolute Gasteiger partial charge is 0.379 e. The summed E-state index contributed by atoms with van der Waals surface area (Å²) in [4.78, 5) is 20.5. The lowest BCUT2D eigenvalue weighted by atomic mass is 10.1. The predicted molar refractivity (Wildman–Crippen MR) is 103 cm³/mol. The molecule has 0 radical (unpaired) electrons. The number of carbonyl (C=O) groups excluding carboxylic acids is 1. The number of primary amides is 1. The molecule has 0 unspecified atom stereocenters. The van der Waals surface area contributed by atoms with E-state index in [9.17, 15) is 4.79 Å². The first kappa shape index (κ1) is 17.5. The average molecular weight is 378 g/mol. The van der Waals surface area contributed by atoms with Crippen LogP contribution >= 0.6 is 0 Å². The molecule has 0 aliphatic rings. The van der Waals surface area contributed by atoms with Crippen LogP contribution in [0.5, 0.6) is 0 Å². The number of nitrogens with two attached hydrogens (primary N) is 2. The topological polar surface area (TPSA) is 151 Å². The Balaban J connectivity index is 1.76. The Morgan fingerprint density at radius 3 is 2.79 bits per heavy atom. The van der Waals surface area contributed by atoms with Gasteiger partial charge in [0.05, 0.1) is 23.6 Å². The monoisotopic (exact) mass is 378 g/mol. The molecule has 1 aromatic carbocycles. The highest BCUT2D eigenvalue weighted by Crippen LogP contribution is 2.30. The number of hydrogen-bond acceptors (Lipinski definition) is 8. The van der Waals surface area contributed by atoms with Gasteiger partial charge in [0, 0.05) is 18.7 Å². The highest BCUT2D eigenvalue weighted by Gasteiger charge is 2.20. The molecule has 0 atom stereocenters. The number of aromatic nitrogens is 5. The van der Waals surface area contributed by atoms with Gasteiger partial charge in [0.15, 0.2) is 17.3 Å². The maximum atomic E-state index is 11.6. The third-order valence-corrected chi connectivity index (χ3v) is 4.44. The summed E-state index contributed by atoms with van der Waals surface area (Å²) in [5.74, 6) is 0.247. The molecule has 5 N–H and O–H groups in total. The van der Waals surface area contributed by atoms with Crippen LogP contribution in [0.4, 0.5) is 11.5 Å². The zero-order valence-corrected chi connectivity index (χ0v) is 15.1. The van der Waals surface area contributed by atoms with Crippen molar-refractivity contribution in [1.82, 2.24) is 24.8 Å². The van der Waals surface area contributed by atoms with Crippen LogP contribution in [0.3, 0.4) is 0 Å². The van der Waals surface area contributed by atoms with Gasteiger partial charge in [-0.15, -0.1) is 0 Å². The van der Waals surface area contributed by atoms with Gasteiger partial charge in [0.1, 0.15) is 5.52 Å². The highest BCUT2D eigenvalue weighted by atomic mass is 16.6. The summed E-state index contributed by atoms with van der Waals surface area (Å²) in [5, 5.41) is 10.8. The van der Waals surface area contributed by atoms with Crippen LogP contribution in [0, 0.1) is 0 Å². The quantitative estimate of drug-likeness (QED) is 0.459. The molecule has 0 aliphatic carbocycles. The van der Waals surface area contributed by atoms with Gasteiger partial charge in [0.25, 0.3) is 0 Å². The van der Waals surface area contributed by atoms with E-state index in [1.54, 1.807) is 24.5 Å². The van der Waals surface area contributed by atoms with Crippen molar-refractivity contribution in [3.05, 3.63) is 47.8 Å². The molecular weight excluding hydrogens is 360 g/mol. The molecule has 142 valence electrons. The molecule has 0 aliphatic heterocycles. The van der Waals surface area contributed by atoms with Crippen molar-refractivity contribution >= 4 is 28.4 Å². The molecular formula is C18H18N8O2. The van der Waals surface area contributed by atoms with Gasteiger partial charge in [0.2, 0.25) is 5.91 Å². The summed E-state index contributed by atoms with van der Waals surface area (Å²) >= 11 is 0. The molecule has 3 heterocycles. The number of nitrogens with one attached hydrogen (secondary N) is 1. The minimum absolute atomic E-state index is 0.169. The number of nitrogens with zero attached hydrogens (tertiary/aromatic N) is 5. The Morgan fingerprint density at radius 1 is 1.25 bits per heavy atom. The number of benzene rings is 1. The lowest BCUT2D eigenvalue weighted by molar-refractivity contribution is 0.0999. The first-order valence-electron chi connectivity index (χ1n) is 8.64. The van der Waals surface area contributed by atoms with E-state index in [-0.39, 0.29) is 5.82 Å². The van der Waals surface area contributed by atoms with E-state index < -0.39 is 5.91 Å². The first-order valence-corrected chi connectivity index (χ1v) is 8.64. The summed E-state index contributed by atoms with van der Waals surface area (Å²) in [6, 6.07) is 7.19. The summed E-state index contributed by atoms with van der Waals surface area (Å²) < 4.78 is 6.67. The van der Waals surface area contributed by atoms with E-state index in [0.717, 1.165) is 16.8 Å². The van der Waals surface area contributed by atoms with Crippen molar-refractivity contribution in [2.75, 3.05) is 11.1 Å². The molecule has 0 saturated heterocycles. The van der Waals surface area contributed by atoms with Crippen LogP contribution in [0.25, 0.3) is 22.6 Å². The Morgan fingerprint density at radius 2 is 2.07 bits per heavy atom. The van der Waals surface area contributed by atoms with Crippen LogP contribution in [0.2, 0.25) is 0 Å². The Bertz CT molecular complexity index is 1160. The van der Waals surface area contributed by atoms with Crippen LogP contribution < -0.4 is 16.8 Å². The zero-order chi connectivity index (χ0) is 19.7. The van der Waals surface area contributed by atoms with Crippen molar-refractivity contribution < 1.29 is 9.42 Å². The lowest BCUT2D eigenvalue weighted by Crippen LogP contribution is -2.15. The van der Waals surface area contributed by atoms with Gasteiger partial charge in [-0.2, -0.15) is 0 Å². The summed E-state index contributed by atoms with van der Waals surface area (Å²) in [6.07, 6.45) is 3.37. The molecule has 10 heteroatoms. The normalized spacial score (nSPS) is 11.0. The van der Waals surface area contributed by atoms with Gasteiger partial charge in [-0.05, 0) is 28.9 Å². The summed E-state index contributed by atoms with van der Waals surface area (Å²) in [7, 11) is 0. The maximum absolute atomic E-state index is 11.6. The Kier molecular flexibility index (Phi) is 4.36. The minimum Gasteiger partial charge on any atom is -0.379 e. The Labute approximate surface area is 159 Å². The number of hydrogen-bond donors (Lipinski definition) is 3. The number of anilines is 2. The molecule has 0 spiro atoms. The SMILES string of the molecule is CCn1c(-c2nonc2N)nc2cncc(NCc3ccccc3C(N)=O)c21. The highest BCUT2D eigenvalue weighted by molar-refractivity contribution is 5.94. The van der Waals surface area contributed by atoms with Crippen molar-refractivity contribution in [3.8, 4) is 11.5 Å². The molecule has 10 nitrogen and oxygen atoms in total. The third kappa shape index (κ3) is 2.90. The van der Waals surface area contributed by atoms with Gasteiger partial charge >= 0.3 is 0 Å². The third-order valence-electron chi connectivity index (χ3n) is 4.44. The van der Waals surface area contributed by atoms with Crippen molar-refractivity contribution in [2.24, 2.45) is 5.73 Å². The standard InChI is InChI=1S/C18H18N8O2/c1-2-26-15-12(22-7-10-5-3-4-6-11(10)17(20)27)8-21-9-13(15)23-18(26)14-16(19)25-28-24-14/h3-6,8-9,22H,2,7H2,1H3,(H2,19,25)(H2,20,27). The smallest absolute Gasteiger partial charge is 0.249 e. The van der Waals surface area contributed by atoms with Gasteiger partial charge in [-0.1, -0.05) is 18.2 Å². The van der Waals surface area contributed by atoms with Crippen molar-refractivity contribution in [1.29, 1.82) is 0 Å². The van der Waals surface area contributed by atoms with Crippen molar-refractivity contribution in [3.63, 3.8) is 0 Å². The molecule has 4 rings (SSSR count). The number of rotatable bonds is 6. The fourth-order valence-corrected chi connectivity index (χ4v) is 3.16. The molecule has 28 heavy (non-hydrogen) atoms. The summed E-state index contributed by atoms with van der Waals surface area (Å²) in [5.41, 5.74) is 15.2. The second kappa shape index (κ2) is 6.99. The molecule has 0 bridgehead atoms. The first-order chi connectivity index (χ1) is 13.6. The molecule has 0 fully saturated rings. The number of aryl methyl sites for hydroxylation is 1.